The van der Waals surface area contributed by atoms with Gasteiger partial charge in [0.15, 0.2) is 0 Å². The molecule has 2 unspecified atom stereocenters. The van der Waals surface area contributed by atoms with Gasteiger partial charge in [-0.3, -0.25) is 4.79 Å². The molecular formula is C16H19FNO3S-. The Bertz CT molecular complexity index is 729. The summed E-state index contributed by atoms with van der Waals surface area (Å²) in [5.41, 5.74) is -1.10. The predicted molar refractivity (Wildman–Crippen MR) is 81.8 cm³/mol. The van der Waals surface area contributed by atoms with Crippen LogP contribution in [0.1, 0.15) is 33.1 Å². The van der Waals surface area contributed by atoms with Gasteiger partial charge in [-0.05, 0) is 36.3 Å². The third-order valence-electron chi connectivity index (χ3n) is 5.62. The van der Waals surface area contributed by atoms with Gasteiger partial charge in [0.1, 0.15) is 11.6 Å². The molecule has 3 rings (SSSR count). The van der Waals surface area contributed by atoms with Gasteiger partial charge in [-0.25, -0.2) is 12.8 Å². The SMILES string of the molecule is CC1(C)C2CCC1(CS(=O)(=O)[N-]c1cccc(F)c1)C(=O)C2. The molecule has 0 spiro atoms. The molecule has 2 aliphatic carbocycles. The zero-order valence-electron chi connectivity index (χ0n) is 12.7. The van der Waals surface area contributed by atoms with Crippen LogP contribution in [-0.4, -0.2) is 20.0 Å². The van der Waals surface area contributed by atoms with Gasteiger partial charge in [-0.2, -0.15) is 0 Å². The van der Waals surface area contributed by atoms with E-state index in [1.807, 2.05) is 13.8 Å². The molecule has 0 aromatic heterocycles. The summed E-state index contributed by atoms with van der Waals surface area (Å²) in [5, 5.41) is 0. The van der Waals surface area contributed by atoms with E-state index in [1.165, 1.54) is 18.2 Å². The van der Waals surface area contributed by atoms with Crippen molar-refractivity contribution in [2.45, 2.75) is 33.1 Å². The van der Waals surface area contributed by atoms with Crippen LogP contribution in [0.4, 0.5) is 10.1 Å². The van der Waals surface area contributed by atoms with E-state index in [0.29, 0.717) is 12.8 Å². The average Bonchev–Trinajstić information content (AvgIpc) is 2.71. The Kier molecular flexibility index (Phi) is 3.36. The summed E-state index contributed by atoms with van der Waals surface area (Å²) in [4.78, 5) is 12.4. The third-order valence-corrected chi connectivity index (χ3v) is 6.97. The maximum absolute atomic E-state index is 13.2. The molecule has 2 fully saturated rings. The predicted octanol–water partition coefficient (Wildman–Crippen LogP) is 3.56. The molecular weight excluding hydrogens is 305 g/mol. The van der Waals surface area contributed by atoms with Gasteiger partial charge in [0.2, 0.25) is 0 Å². The molecule has 1 aromatic carbocycles. The summed E-state index contributed by atoms with van der Waals surface area (Å²) >= 11 is 0. The number of hydrogen-bond acceptors (Lipinski definition) is 3. The van der Waals surface area contributed by atoms with E-state index in [2.05, 4.69) is 4.72 Å². The van der Waals surface area contributed by atoms with Crippen LogP contribution in [-0.2, 0) is 14.8 Å². The van der Waals surface area contributed by atoms with E-state index in [4.69, 9.17) is 0 Å². The zero-order chi connectivity index (χ0) is 16.2. The van der Waals surface area contributed by atoms with Crippen molar-refractivity contribution in [2.75, 3.05) is 5.75 Å². The van der Waals surface area contributed by atoms with Crippen LogP contribution in [0.3, 0.4) is 0 Å². The van der Waals surface area contributed by atoms with Gasteiger partial charge in [-0.15, -0.1) is 5.69 Å². The summed E-state index contributed by atoms with van der Waals surface area (Å²) < 4.78 is 41.8. The lowest BCUT2D eigenvalue weighted by molar-refractivity contribution is -0.128. The third kappa shape index (κ3) is 2.24. The normalized spacial score (nSPS) is 29.8. The highest BCUT2D eigenvalue weighted by atomic mass is 32.2. The van der Waals surface area contributed by atoms with E-state index in [1.54, 1.807) is 0 Å². The number of ketones is 1. The van der Waals surface area contributed by atoms with Crippen molar-refractivity contribution in [2.24, 2.45) is 16.7 Å². The molecule has 0 amide bonds. The van der Waals surface area contributed by atoms with Gasteiger partial charge >= 0.3 is 0 Å². The Morgan fingerprint density at radius 1 is 1.36 bits per heavy atom. The maximum Gasteiger partial charge on any atom is 0.140 e. The molecule has 2 bridgehead atoms. The van der Waals surface area contributed by atoms with E-state index in [0.717, 1.165) is 12.5 Å². The van der Waals surface area contributed by atoms with E-state index in [9.17, 15) is 17.6 Å². The Morgan fingerprint density at radius 3 is 2.64 bits per heavy atom. The van der Waals surface area contributed by atoms with Crippen molar-refractivity contribution >= 4 is 21.5 Å². The van der Waals surface area contributed by atoms with Gasteiger partial charge in [-0.1, -0.05) is 26.0 Å². The first kappa shape index (κ1) is 15.5. The second-order valence-corrected chi connectivity index (χ2v) is 8.60. The first-order valence-corrected chi connectivity index (χ1v) is 9.02. The minimum atomic E-state index is -3.85. The Hall–Kier alpha value is -1.43. The number of carbonyl (C=O) groups is 1. The molecule has 22 heavy (non-hydrogen) atoms. The average molecular weight is 324 g/mol. The first-order chi connectivity index (χ1) is 10.2. The number of Topliss-reactive ketones (excluding diaryl/α,β-unsaturated/α-hetero) is 1. The molecule has 120 valence electrons. The first-order valence-electron chi connectivity index (χ1n) is 7.41. The Labute approximate surface area is 130 Å². The van der Waals surface area contributed by atoms with Crippen molar-refractivity contribution in [3.05, 3.63) is 34.8 Å². The monoisotopic (exact) mass is 324 g/mol. The summed E-state index contributed by atoms with van der Waals surface area (Å²) in [6.07, 6.45) is 1.94. The van der Waals surface area contributed by atoms with Crippen LogP contribution in [0.15, 0.2) is 24.3 Å². The largest absolute Gasteiger partial charge is 0.577 e. The second-order valence-electron chi connectivity index (χ2n) is 6.96. The summed E-state index contributed by atoms with van der Waals surface area (Å²) in [6, 6.07) is 5.17. The molecule has 2 atom stereocenters. The van der Waals surface area contributed by atoms with Gasteiger partial charge in [0, 0.05) is 17.6 Å². The van der Waals surface area contributed by atoms with Crippen LogP contribution < -0.4 is 0 Å². The molecule has 2 aliphatic rings. The number of fused-ring (bicyclic) bond motifs is 2. The number of halogens is 1. The van der Waals surface area contributed by atoms with Gasteiger partial charge < -0.3 is 4.72 Å². The summed E-state index contributed by atoms with van der Waals surface area (Å²) in [7, 11) is -3.85. The van der Waals surface area contributed by atoms with Crippen LogP contribution in [0.5, 0.6) is 0 Å². The quantitative estimate of drug-likeness (QED) is 0.850. The van der Waals surface area contributed by atoms with Crippen molar-refractivity contribution in [3.63, 3.8) is 0 Å². The standard InChI is InChI=1S/C16H19FNO3S/c1-15(2)11-6-7-16(15,14(19)8-11)10-22(20,21)18-13-5-3-4-12(17)9-13/h3-5,9,11H,6-8,10H2,1-2H3/q-1. The number of sulfonamides is 1. The van der Waals surface area contributed by atoms with E-state index >= 15 is 0 Å². The number of carbonyl (C=O) groups excluding carboxylic acids is 1. The van der Waals surface area contributed by atoms with Crippen LogP contribution in [0, 0.1) is 22.6 Å². The molecule has 1 aromatic rings. The van der Waals surface area contributed by atoms with Gasteiger partial charge in [0.25, 0.3) is 0 Å². The highest BCUT2D eigenvalue weighted by Gasteiger charge is 2.64. The Balaban J connectivity index is 1.87. The number of hydrogen-bond donors (Lipinski definition) is 0. The van der Waals surface area contributed by atoms with Crippen LogP contribution in [0.2, 0.25) is 0 Å². The van der Waals surface area contributed by atoms with E-state index < -0.39 is 21.3 Å². The highest BCUT2D eigenvalue weighted by molar-refractivity contribution is 7.94. The molecule has 4 nitrogen and oxygen atoms in total. The maximum atomic E-state index is 13.2. The lowest BCUT2D eigenvalue weighted by Gasteiger charge is -2.38. The zero-order valence-corrected chi connectivity index (χ0v) is 13.5. The fourth-order valence-corrected chi connectivity index (χ4v) is 5.94. The molecule has 0 saturated heterocycles. The molecule has 6 heteroatoms. The van der Waals surface area contributed by atoms with Crippen molar-refractivity contribution in [1.82, 2.24) is 0 Å². The second kappa shape index (κ2) is 4.78. The molecule has 2 saturated carbocycles. The van der Waals surface area contributed by atoms with Crippen molar-refractivity contribution in [1.29, 1.82) is 0 Å². The Morgan fingerprint density at radius 2 is 2.09 bits per heavy atom. The highest BCUT2D eigenvalue weighted by Crippen LogP contribution is 2.64. The number of benzene rings is 1. The van der Waals surface area contributed by atoms with E-state index in [-0.39, 0.29) is 28.6 Å². The van der Waals surface area contributed by atoms with Crippen molar-refractivity contribution in [3.8, 4) is 0 Å². The lowest BCUT2D eigenvalue weighted by atomic mass is 9.70. The minimum Gasteiger partial charge on any atom is -0.577 e. The smallest absolute Gasteiger partial charge is 0.140 e. The van der Waals surface area contributed by atoms with Crippen LogP contribution in [0.25, 0.3) is 4.72 Å². The van der Waals surface area contributed by atoms with Crippen LogP contribution >= 0.6 is 0 Å². The summed E-state index contributed by atoms with van der Waals surface area (Å²) in [5.74, 6) is -0.525. The van der Waals surface area contributed by atoms with Crippen molar-refractivity contribution < 1.29 is 17.6 Å². The van der Waals surface area contributed by atoms with Gasteiger partial charge in [0.05, 0.1) is 10.0 Å². The number of rotatable bonds is 4. The lowest BCUT2D eigenvalue weighted by Crippen LogP contribution is -2.41. The molecule has 0 aliphatic heterocycles. The fraction of sp³-hybridized carbons (Fsp3) is 0.562. The number of nitrogens with zero attached hydrogens (tertiary/aromatic N) is 1. The fourth-order valence-electron chi connectivity index (χ4n) is 4.15. The molecule has 0 N–H and O–H groups in total. The summed E-state index contributed by atoms with van der Waals surface area (Å²) in [6.45, 7) is 3.96. The molecule has 0 heterocycles. The minimum absolute atomic E-state index is 0.0340. The topological polar surface area (TPSA) is 65.3 Å². The molecule has 0 radical (unpaired) electrons.